The van der Waals surface area contributed by atoms with Crippen molar-refractivity contribution in [3.05, 3.63) is 12.2 Å². The third kappa shape index (κ3) is 7.16. The fourth-order valence-electron chi connectivity index (χ4n) is 3.59. The van der Waals surface area contributed by atoms with Crippen molar-refractivity contribution in [3.8, 4) is 0 Å². The van der Waals surface area contributed by atoms with Crippen molar-refractivity contribution in [2.24, 2.45) is 5.92 Å². The van der Waals surface area contributed by atoms with Crippen LogP contribution in [0.5, 0.6) is 0 Å². The van der Waals surface area contributed by atoms with Crippen molar-refractivity contribution in [1.29, 1.82) is 0 Å². The van der Waals surface area contributed by atoms with E-state index in [2.05, 4.69) is 0 Å². The van der Waals surface area contributed by atoms with Crippen LogP contribution in [-0.2, 0) is 14.3 Å². The third-order valence-electron chi connectivity index (χ3n) is 4.76. The Balaban J connectivity index is 2.34. The highest BCUT2D eigenvalue weighted by molar-refractivity contribution is 5.79. The number of nitrogens with zero attached hydrogens (tertiary/aromatic N) is 1. The lowest BCUT2D eigenvalue weighted by atomic mass is 9.80. The molecule has 0 aromatic rings. The molecule has 0 saturated carbocycles. The van der Waals surface area contributed by atoms with Gasteiger partial charge in [-0.15, -0.1) is 0 Å². The molecule has 144 valence electrons. The van der Waals surface area contributed by atoms with Gasteiger partial charge in [0, 0.05) is 36.4 Å². The van der Waals surface area contributed by atoms with Crippen LogP contribution in [0.25, 0.3) is 0 Å². The van der Waals surface area contributed by atoms with Crippen LogP contribution in [0.3, 0.4) is 0 Å². The molecule has 2 N–H and O–H groups in total. The first kappa shape index (κ1) is 21.6. The van der Waals surface area contributed by atoms with Gasteiger partial charge in [-0.25, -0.2) is 4.79 Å². The van der Waals surface area contributed by atoms with Crippen LogP contribution in [0.1, 0.15) is 73.1 Å². The molecule has 0 radical (unpaired) electrons. The highest BCUT2D eigenvalue weighted by Crippen LogP contribution is 2.38. The summed E-state index contributed by atoms with van der Waals surface area (Å²) in [5.41, 5.74) is -0.864. The molecule has 6 nitrogen and oxygen atoms in total. The Kier molecular flexibility index (Phi) is 7.62. The molecular weight excluding hydrogens is 322 g/mol. The monoisotopic (exact) mass is 355 g/mol. The largest absolute Gasteiger partial charge is 0.478 e. The molecule has 0 aliphatic carbocycles. The lowest BCUT2D eigenvalue weighted by molar-refractivity contribution is -0.259. The summed E-state index contributed by atoms with van der Waals surface area (Å²) in [6, 6.07) is 0. The first-order valence-corrected chi connectivity index (χ1v) is 9.04. The molecule has 1 rings (SSSR count). The fraction of sp³-hybridized carbons (Fsp3) is 0.789. The van der Waals surface area contributed by atoms with E-state index < -0.39 is 17.0 Å². The summed E-state index contributed by atoms with van der Waals surface area (Å²) >= 11 is 0. The van der Waals surface area contributed by atoms with E-state index in [-0.39, 0.29) is 18.0 Å². The second-order valence-corrected chi connectivity index (χ2v) is 8.38. The standard InChI is InChI=1S/C19H33NO5/c1-14(10-11-16(21)22)8-6-7-9-17(23)25-15-12-18(2,3)20(24)19(4,5)13-15/h10-11,14-15,24H,6-9,12-13H2,1-5H3,(H,21,22)/b11-10+. The molecular formula is C19H33NO5. The normalized spacial score (nSPS) is 22.0. The smallest absolute Gasteiger partial charge is 0.327 e. The van der Waals surface area contributed by atoms with E-state index in [9.17, 15) is 14.8 Å². The van der Waals surface area contributed by atoms with Gasteiger partial charge in [-0.05, 0) is 46.5 Å². The number of unbranched alkanes of at least 4 members (excludes halogenated alkanes) is 1. The quantitative estimate of drug-likeness (QED) is 0.391. The number of allylic oxidation sites excluding steroid dienone is 1. The lowest BCUT2D eigenvalue weighted by Crippen LogP contribution is -2.60. The van der Waals surface area contributed by atoms with Gasteiger partial charge in [0.05, 0.1) is 0 Å². The number of hydrogen-bond donors (Lipinski definition) is 2. The van der Waals surface area contributed by atoms with E-state index in [1.165, 1.54) is 5.06 Å². The molecule has 6 heteroatoms. The SMILES string of the molecule is CC(/C=C/C(=O)O)CCCCC(=O)OC1CC(C)(C)N(O)C(C)(C)C1. The number of carbonyl (C=O) groups is 2. The zero-order valence-corrected chi connectivity index (χ0v) is 16.1. The minimum atomic E-state index is -0.935. The van der Waals surface area contributed by atoms with E-state index in [4.69, 9.17) is 9.84 Å². The minimum Gasteiger partial charge on any atom is -0.478 e. The summed E-state index contributed by atoms with van der Waals surface area (Å²) < 4.78 is 5.63. The van der Waals surface area contributed by atoms with E-state index in [1.54, 1.807) is 6.08 Å². The number of carboxylic acids is 1. The van der Waals surface area contributed by atoms with Gasteiger partial charge in [-0.3, -0.25) is 4.79 Å². The number of aliphatic carboxylic acids is 1. The van der Waals surface area contributed by atoms with E-state index in [1.807, 2.05) is 34.6 Å². The first-order valence-electron chi connectivity index (χ1n) is 9.04. The van der Waals surface area contributed by atoms with E-state index >= 15 is 0 Å². The number of hydrogen-bond acceptors (Lipinski definition) is 5. The summed E-state index contributed by atoms with van der Waals surface area (Å²) in [5, 5.41) is 20.2. The first-order chi connectivity index (χ1) is 11.4. The van der Waals surface area contributed by atoms with Crippen LogP contribution >= 0.6 is 0 Å². The number of ether oxygens (including phenoxy) is 1. The zero-order chi connectivity index (χ0) is 19.3. The maximum atomic E-state index is 12.1. The van der Waals surface area contributed by atoms with Gasteiger partial charge in [0.2, 0.25) is 0 Å². The molecule has 1 aliphatic heterocycles. The van der Waals surface area contributed by atoms with Gasteiger partial charge in [0.25, 0.3) is 0 Å². The van der Waals surface area contributed by atoms with Crippen LogP contribution in [0, 0.1) is 5.92 Å². The van der Waals surface area contributed by atoms with Crippen molar-refractivity contribution in [2.45, 2.75) is 90.3 Å². The molecule has 0 aromatic heterocycles. The van der Waals surface area contributed by atoms with Crippen LogP contribution in [-0.4, -0.2) is 44.5 Å². The van der Waals surface area contributed by atoms with Crippen LogP contribution in [0.15, 0.2) is 12.2 Å². The average molecular weight is 355 g/mol. The molecule has 0 amide bonds. The number of esters is 1. The van der Waals surface area contributed by atoms with Crippen molar-refractivity contribution >= 4 is 11.9 Å². The Labute approximate surface area is 150 Å². The Morgan fingerprint density at radius 3 is 2.28 bits per heavy atom. The number of hydroxylamine groups is 2. The molecule has 1 atom stereocenters. The lowest BCUT2D eigenvalue weighted by Gasteiger charge is -2.50. The average Bonchev–Trinajstić information content (AvgIpc) is 2.46. The highest BCUT2D eigenvalue weighted by Gasteiger charge is 2.46. The number of carboxylic acid groups (broad SMARTS) is 1. The number of carbonyl (C=O) groups excluding carboxylic acids is 1. The van der Waals surface area contributed by atoms with Gasteiger partial charge in [-0.2, -0.15) is 5.06 Å². The van der Waals surface area contributed by atoms with Crippen LogP contribution < -0.4 is 0 Å². The summed E-state index contributed by atoms with van der Waals surface area (Å²) in [4.78, 5) is 22.5. The molecule has 25 heavy (non-hydrogen) atoms. The maximum absolute atomic E-state index is 12.1. The van der Waals surface area contributed by atoms with Crippen LogP contribution in [0.4, 0.5) is 0 Å². The molecule has 1 aliphatic rings. The molecule has 1 unspecified atom stereocenters. The van der Waals surface area contributed by atoms with Gasteiger partial charge in [0.1, 0.15) is 6.10 Å². The summed E-state index contributed by atoms with van der Waals surface area (Å²) in [7, 11) is 0. The number of piperidine rings is 1. The Morgan fingerprint density at radius 1 is 1.20 bits per heavy atom. The van der Waals surface area contributed by atoms with Crippen molar-refractivity contribution in [2.75, 3.05) is 0 Å². The minimum absolute atomic E-state index is 0.182. The summed E-state index contributed by atoms with van der Waals surface area (Å²) in [6.07, 6.45) is 6.67. The Hall–Kier alpha value is -1.40. The second-order valence-electron chi connectivity index (χ2n) is 8.38. The topological polar surface area (TPSA) is 87.1 Å². The van der Waals surface area contributed by atoms with Gasteiger partial charge in [-0.1, -0.05) is 19.4 Å². The predicted molar refractivity (Wildman–Crippen MR) is 95.3 cm³/mol. The molecule has 1 heterocycles. The van der Waals surface area contributed by atoms with E-state index in [0.717, 1.165) is 25.3 Å². The summed E-state index contributed by atoms with van der Waals surface area (Å²) in [6.45, 7) is 9.74. The van der Waals surface area contributed by atoms with Crippen molar-refractivity contribution in [1.82, 2.24) is 5.06 Å². The molecule has 1 saturated heterocycles. The molecule has 1 fully saturated rings. The van der Waals surface area contributed by atoms with Crippen molar-refractivity contribution < 1.29 is 24.6 Å². The van der Waals surface area contributed by atoms with Gasteiger partial charge in [0.15, 0.2) is 0 Å². The van der Waals surface area contributed by atoms with Crippen molar-refractivity contribution in [3.63, 3.8) is 0 Å². The second kappa shape index (κ2) is 8.81. The third-order valence-corrected chi connectivity index (χ3v) is 4.76. The number of rotatable bonds is 8. The zero-order valence-electron chi connectivity index (χ0n) is 16.1. The van der Waals surface area contributed by atoms with Gasteiger partial charge >= 0.3 is 11.9 Å². The molecule has 0 bridgehead atoms. The highest BCUT2D eigenvalue weighted by atomic mass is 16.5. The van der Waals surface area contributed by atoms with E-state index in [0.29, 0.717) is 19.3 Å². The molecule has 0 spiro atoms. The Bertz CT molecular complexity index is 480. The van der Waals surface area contributed by atoms with Gasteiger partial charge < -0.3 is 15.1 Å². The Morgan fingerprint density at radius 2 is 1.76 bits per heavy atom. The maximum Gasteiger partial charge on any atom is 0.327 e. The predicted octanol–water partition coefficient (Wildman–Crippen LogP) is 3.78. The fourth-order valence-corrected chi connectivity index (χ4v) is 3.59. The van der Waals surface area contributed by atoms with Crippen LogP contribution in [0.2, 0.25) is 0 Å². The summed E-state index contributed by atoms with van der Waals surface area (Å²) in [5.74, 6) is -0.950. The molecule has 0 aromatic carbocycles.